The SMILES string of the molecule is COc1ccc(C)cc1C(NN)C1C2C3CCC(C3)C21. The van der Waals surface area contributed by atoms with Crippen LogP contribution in [0.5, 0.6) is 5.75 Å². The number of hydrogen-bond donors (Lipinski definition) is 2. The normalized spacial score (nSPS) is 38.6. The number of hydrogen-bond acceptors (Lipinski definition) is 3. The molecule has 3 N–H and O–H groups in total. The van der Waals surface area contributed by atoms with Gasteiger partial charge in [0.05, 0.1) is 13.2 Å². The minimum absolute atomic E-state index is 0.253. The number of methoxy groups -OCH3 is 1. The number of rotatable bonds is 4. The Kier molecular flexibility index (Phi) is 2.83. The molecule has 4 rings (SSSR count). The van der Waals surface area contributed by atoms with Crippen LogP contribution >= 0.6 is 0 Å². The molecular formula is C17H24N2O. The van der Waals surface area contributed by atoms with E-state index in [4.69, 9.17) is 10.6 Å². The highest BCUT2D eigenvalue weighted by atomic mass is 16.5. The van der Waals surface area contributed by atoms with E-state index in [0.29, 0.717) is 0 Å². The zero-order valence-electron chi connectivity index (χ0n) is 12.3. The summed E-state index contributed by atoms with van der Waals surface area (Å²) in [6.45, 7) is 2.13. The molecule has 0 aliphatic heterocycles. The first-order valence-electron chi connectivity index (χ1n) is 7.85. The van der Waals surface area contributed by atoms with Crippen LogP contribution in [0, 0.1) is 36.5 Å². The third-order valence-corrected chi connectivity index (χ3v) is 6.08. The van der Waals surface area contributed by atoms with Crippen LogP contribution in [0.2, 0.25) is 0 Å². The molecule has 20 heavy (non-hydrogen) atoms. The second kappa shape index (κ2) is 4.47. The van der Waals surface area contributed by atoms with Gasteiger partial charge in [0.2, 0.25) is 0 Å². The minimum atomic E-state index is 0.253. The van der Waals surface area contributed by atoms with Gasteiger partial charge >= 0.3 is 0 Å². The van der Waals surface area contributed by atoms with Gasteiger partial charge in [-0.25, -0.2) is 0 Å². The maximum absolute atomic E-state index is 5.93. The number of benzene rings is 1. The highest BCUT2D eigenvalue weighted by molar-refractivity contribution is 5.41. The van der Waals surface area contributed by atoms with Gasteiger partial charge in [-0.1, -0.05) is 17.7 Å². The van der Waals surface area contributed by atoms with Crippen LogP contribution in [0.3, 0.4) is 0 Å². The average molecular weight is 272 g/mol. The van der Waals surface area contributed by atoms with E-state index >= 15 is 0 Å². The molecule has 3 saturated carbocycles. The third-order valence-electron chi connectivity index (χ3n) is 6.08. The van der Waals surface area contributed by atoms with Crippen LogP contribution in [-0.2, 0) is 0 Å². The molecular weight excluding hydrogens is 248 g/mol. The van der Waals surface area contributed by atoms with Gasteiger partial charge in [-0.3, -0.25) is 11.3 Å². The second-order valence-electron chi connectivity index (χ2n) is 6.96. The fourth-order valence-corrected chi connectivity index (χ4v) is 5.34. The number of fused-ring (bicyclic) bond motifs is 5. The largest absolute Gasteiger partial charge is 0.496 e. The summed E-state index contributed by atoms with van der Waals surface area (Å²) >= 11 is 0. The van der Waals surface area contributed by atoms with Crippen LogP contribution in [-0.4, -0.2) is 7.11 Å². The van der Waals surface area contributed by atoms with E-state index in [1.54, 1.807) is 7.11 Å². The molecule has 1 aromatic carbocycles. The number of aryl methyl sites for hydroxylation is 1. The van der Waals surface area contributed by atoms with Crippen molar-refractivity contribution in [1.82, 2.24) is 5.43 Å². The Labute approximate surface area is 120 Å². The molecule has 2 bridgehead atoms. The zero-order chi connectivity index (χ0) is 13.9. The summed E-state index contributed by atoms with van der Waals surface area (Å²) in [5.74, 6) is 11.4. The van der Waals surface area contributed by atoms with Crippen molar-refractivity contribution in [2.24, 2.45) is 35.4 Å². The van der Waals surface area contributed by atoms with Gasteiger partial charge in [-0.2, -0.15) is 0 Å². The van der Waals surface area contributed by atoms with Crippen LogP contribution in [0.4, 0.5) is 0 Å². The molecule has 0 amide bonds. The summed E-state index contributed by atoms with van der Waals surface area (Å²) in [7, 11) is 1.75. The molecule has 3 aliphatic rings. The van der Waals surface area contributed by atoms with Gasteiger partial charge < -0.3 is 4.74 Å². The summed E-state index contributed by atoms with van der Waals surface area (Å²) in [5.41, 5.74) is 5.62. The lowest BCUT2D eigenvalue weighted by Gasteiger charge is -2.22. The lowest BCUT2D eigenvalue weighted by atomic mass is 9.92. The molecule has 0 heterocycles. The second-order valence-corrected chi connectivity index (χ2v) is 6.96. The van der Waals surface area contributed by atoms with E-state index in [2.05, 4.69) is 30.5 Å². The Bertz CT molecular complexity index is 514. The van der Waals surface area contributed by atoms with E-state index in [9.17, 15) is 0 Å². The minimum Gasteiger partial charge on any atom is -0.496 e. The highest BCUT2D eigenvalue weighted by Gasteiger charge is 2.66. The zero-order valence-corrected chi connectivity index (χ0v) is 12.3. The van der Waals surface area contributed by atoms with Crippen molar-refractivity contribution in [2.75, 3.05) is 7.11 Å². The van der Waals surface area contributed by atoms with Crippen LogP contribution in [0.15, 0.2) is 18.2 Å². The fraction of sp³-hybridized carbons (Fsp3) is 0.647. The van der Waals surface area contributed by atoms with Crippen molar-refractivity contribution in [3.8, 4) is 5.75 Å². The first-order valence-corrected chi connectivity index (χ1v) is 7.85. The first-order chi connectivity index (χ1) is 9.74. The Morgan fingerprint density at radius 2 is 1.95 bits per heavy atom. The third kappa shape index (κ3) is 1.66. The van der Waals surface area contributed by atoms with Gasteiger partial charge in [-0.05, 0) is 61.8 Å². The fourth-order valence-electron chi connectivity index (χ4n) is 5.34. The van der Waals surface area contributed by atoms with Gasteiger partial charge in [0.25, 0.3) is 0 Å². The lowest BCUT2D eigenvalue weighted by molar-refractivity contribution is 0.353. The summed E-state index contributed by atoms with van der Waals surface area (Å²) < 4.78 is 5.56. The Balaban J connectivity index is 1.65. The standard InChI is InChI=1S/C17H24N2O/c1-9-3-6-13(20-2)12(7-9)17(19-18)16-14-10-4-5-11(8-10)15(14)16/h3,6-7,10-11,14-17,19H,4-5,8,18H2,1-2H3. The highest BCUT2D eigenvalue weighted by Crippen LogP contribution is 2.72. The van der Waals surface area contributed by atoms with Crippen molar-refractivity contribution in [3.05, 3.63) is 29.3 Å². The Hall–Kier alpha value is -1.06. The average Bonchev–Trinajstić information content (AvgIpc) is 2.88. The summed E-state index contributed by atoms with van der Waals surface area (Å²) in [5, 5.41) is 0. The quantitative estimate of drug-likeness (QED) is 0.654. The predicted molar refractivity (Wildman–Crippen MR) is 79.1 cm³/mol. The molecule has 3 nitrogen and oxygen atoms in total. The predicted octanol–water partition coefficient (Wildman–Crippen LogP) is 2.80. The Morgan fingerprint density at radius 1 is 1.25 bits per heavy atom. The van der Waals surface area contributed by atoms with Crippen molar-refractivity contribution in [2.45, 2.75) is 32.2 Å². The summed E-state index contributed by atoms with van der Waals surface area (Å²) in [4.78, 5) is 0. The van der Waals surface area contributed by atoms with Crippen LogP contribution in [0.25, 0.3) is 0 Å². The maximum Gasteiger partial charge on any atom is 0.123 e. The molecule has 1 aromatic rings. The van der Waals surface area contributed by atoms with Crippen LogP contribution < -0.4 is 16.0 Å². The van der Waals surface area contributed by atoms with Gasteiger partial charge in [0.1, 0.15) is 5.75 Å². The number of nitrogens with one attached hydrogen (secondary N) is 1. The van der Waals surface area contributed by atoms with Gasteiger partial charge in [0, 0.05) is 5.56 Å². The molecule has 0 aromatic heterocycles. The van der Waals surface area contributed by atoms with Crippen molar-refractivity contribution >= 4 is 0 Å². The molecule has 5 atom stereocenters. The van der Waals surface area contributed by atoms with Crippen LogP contribution in [0.1, 0.15) is 36.4 Å². The number of hydrazine groups is 1. The molecule has 3 heteroatoms. The van der Waals surface area contributed by atoms with Crippen molar-refractivity contribution in [3.63, 3.8) is 0 Å². The van der Waals surface area contributed by atoms with E-state index in [1.165, 1.54) is 30.4 Å². The number of nitrogens with two attached hydrogens (primary N) is 1. The molecule has 0 spiro atoms. The van der Waals surface area contributed by atoms with Gasteiger partial charge in [0.15, 0.2) is 0 Å². The maximum atomic E-state index is 5.93. The van der Waals surface area contributed by atoms with E-state index < -0.39 is 0 Å². The summed E-state index contributed by atoms with van der Waals surface area (Å²) in [6.07, 6.45) is 4.38. The molecule has 108 valence electrons. The summed E-state index contributed by atoms with van der Waals surface area (Å²) in [6, 6.07) is 6.66. The topological polar surface area (TPSA) is 47.3 Å². The monoisotopic (exact) mass is 272 g/mol. The first kappa shape index (κ1) is 12.7. The van der Waals surface area contributed by atoms with Crippen molar-refractivity contribution < 1.29 is 4.74 Å². The molecule has 0 saturated heterocycles. The molecule has 3 aliphatic carbocycles. The van der Waals surface area contributed by atoms with Crippen molar-refractivity contribution in [1.29, 1.82) is 0 Å². The number of ether oxygens (including phenoxy) is 1. The molecule has 0 radical (unpaired) electrons. The van der Waals surface area contributed by atoms with E-state index in [-0.39, 0.29) is 6.04 Å². The van der Waals surface area contributed by atoms with Gasteiger partial charge in [-0.15, -0.1) is 0 Å². The van der Waals surface area contributed by atoms with E-state index in [1.807, 2.05) is 0 Å². The smallest absolute Gasteiger partial charge is 0.123 e. The van der Waals surface area contributed by atoms with E-state index in [0.717, 1.165) is 35.3 Å². The Morgan fingerprint density at radius 3 is 2.55 bits per heavy atom. The molecule has 5 unspecified atom stereocenters. The lowest BCUT2D eigenvalue weighted by Crippen LogP contribution is -2.31. The molecule has 3 fully saturated rings.